The number of carbonyl (C=O) groups is 1. The zero-order valence-electron chi connectivity index (χ0n) is 8.14. The van der Waals surface area contributed by atoms with E-state index in [0.717, 1.165) is 6.42 Å². The summed E-state index contributed by atoms with van der Waals surface area (Å²) in [6.45, 7) is 3.70. The molecule has 78 valence electrons. The monoisotopic (exact) mass is 198 g/mol. The Hall–Kier alpha value is -1.36. The molecule has 0 aromatic carbocycles. The van der Waals surface area contributed by atoms with Crippen molar-refractivity contribution in [2.75, 3.05) is 13.2 Å². The maximum atomic E-state index is 10.7. The summed E-state index contributed by atoms with van der Waals surface area (Å²) in [7, 11) is 0. The SMILES string of the molecule is CCCOCCn1nccc1C(=O)O. The second-order valence-electron chi connectivity index (χ2n) is 2.86. The van der Waals surface area contributed by atoms with E-state index in [1.165, 1.54) is 16.9 Å². The molecule has 1 aromatic heterocycles. The molecule has 0 bridgehead atoms. The Bertz CT molecular complexity index is 296. The number of carboxylic acid groups (broad SMARTS) is 1. The van der Waals surface area contributed by atoms with Crippen molar-refractivity contribution in [3.05, 3.63) is 18.0 Å². The van der Waals surface area contributed by atoms with E-state index >= 15 is 0 Å². The standard InChI is InChI=1S/C9H14N2O3/c1-2-6-14-7-5-11-8(9(12)13)3-4-10-11/h3-4H,2,5-7H2,1H3,(H,12,13). The number of carboxylic acids is 1. The largest absolute Gasteiger partial charge is 0.477 e. The van der Waals surface area contributed by atoms with Crippen LogP contribution in [-0.4, -0.2) is 34.1 Å². The third-order valence-corrected chi connectivity index (χ3v) is 1.73. The average molecular weight is 198 g/mol. The van der Waals surface area contributed by atoms with Gasteiger partial charge in [-0.05, 0) is 12.5 Å². The van der Waals surface area contributed by atoms with Crippen molar-refractivity contribution >= 4 is 5.97 Å². The van der Waals surface area contributed by atoms with Gasteiger partial charge in [-0.25, -0.2) is 4.79 Å². The first-order chi connectivity index (χ1) is 6.75. The Morgan fingerprint density at radius 3 is 3.07 bits per heavy atom. The molecule has 0 aliphatic heterocycles. The van der Waals surface area contributed by atoms with E-state index in [2.05, 4.69) is 5.10 Å². The molecule has 1 N–H and O–H groups in total. The number of nitrogens with zero attached hydrogens (tertiary/aromatic N) is 2. The Morgan fingerprint density at radius 2 is 2.43 bits per heavy atom. The van der Waals surface area contributed by atoms with Crippen molar-refractivity contribution in [1.82, 2.24) is 9.78 Å². The molecule has 0 saturated heterocycles. The van der Waals surface area contributed by atoms with Crippen LogP contribution in [0.15, 0.2) is 12.3 Å². The number of rotatable bonds is 6. The number of aromatic nitrogens is 2. The van der Waals surface area contributed by atoms with Crippen LogP contribution >= 0.6 is 0 Å². The molecule has 0 radical (unpaired) electrons. The summed E-state index contributed by atoms with van der Waals surface area (Å²) < 4.78 is 6.67. The predicted octanol–water partition coefficient (Wildman–Crippen LogP) is 1.01. The van der Waals surface area contributed by atoms with Crippen molar-refractivity contribution in [1.29, 1.82) is 0 Å². The topological polar surface area (TPSA) is 64.4 Å². The van der Waals surface area contributed by atoms with Gasteiger partial charge in [0.05, 0.1) is 13.2 Å². The van der Waals surface area contributed by atoms with Gasteiger partial charge in [0.1, 0.15) is 5.69 Å². The van der Waals surface area contributed by atoms with E-state index in [1.54, 1.807) is 0 Å². The lowest BCUT2D eigenvalue weighted by Gasteiger charge is -2.04. The zero-order chi connectivity index (χ0) is 10.4. The molecular weight excluding hydrogens is 184 g/mol. The van der Waals surface area contributed by atoms with Crippen LogP contribution in [0.3, 0.4) is 0 Å². The van der Waals surface area contributed by atoms with Crippen LogP contribution < -0.4 is 0 Å². The molecule has 0 spiro atoms. The Kier molecular flexibility index (Phi) is 4.12. The van der Waals surface area contributed by atoms with Gasteiger partial charge >= 0.3 is 5.97 Å². The first kappa shape index (κ1) is 10.7. The van der Waals surface area contributed by atoms with Crippen LogP contribution in [0.4, 0.5) is 0 Å². The van der Waals surface area contributed by atoms with Crippen molar-refractivity contribution in [3.8, 4) is 0 Å². The summed E-state index contributed by atoms with van der Waals surface area (Å²) in [4.78, 5) is 10.7. The highest BCUT2D eigenvalue weighted by atomic mass is 16.5. The normalized spacial score (nSPS) is 10.4. The first-order valence-corrected chi connectivity index (χ1v) is 4.58. The van der Waals surface area contributed by atoms with Gasteiger partial charge in [0.25, 0.3) is 0 Å². The fraction of sp³-hybridized carbons (Fsp3) is 0.556. The highest BCUT2D eigenvalue weighted by Crippen LogP contribution is 1.98. The van der Waals surface area contributed by atoms with Gasteiger partial charge in [-0.1, -0.05) is 6.92 Å². The Morgan fingerprint density at radius 1 is 1.64 bits per heavy atom. The van der Waals surface area contributed by atoms with E-state index in [-0.39, 0.29) is 5.69 Å². The van der Waals surface area contributed by atoms with Crippen LogP contribution in [0.1, 0.15) is 23.8 Å². The highest BCUT2D eigenvalue weighted by molar-refractivity contribution is 5.85. The van der Waals surface area contributed by atoms with Crippen molar-refractivity contribution in [2.45, 2.75) is 19.9 Å². The van der Waals surface area contributed by atoms with E-state index in [9.17, 15) is 4.79 Å². The van der Waals surface area contributed by atoms with E-state index in [1.807, 2.05) is 6.92 Å². The molecule has 1 rings (SSSR count). The Balaban J connectivity index is 2.42. The number of aromatic carboxylic acids is 1. The molecule has 0 aliphatic rings. The number of ether oxygens (including phenoxy) is 1. The predicted molar refractivity (Wildman–Crippen MR) is 50.3 cm³/mol. The van der Waals surface area contributed by atoms with Crippen LogP contribution in [0.25, 0.3) is 0 Å². The quantitative estimate of drug-likeness (QED) is 0.693. The lowest BCUT2D eigenvalue weighted by atomic mass is 10.4. The maximum Gasteiger partial charge on any atom is 0.354 e. The molecule has 1 aromatic rings. The van der Waals surface area contributed by atoms with Gasteiger partial charge in [0.2, 0.25) is 0 Å². The highest BCUT2D eigenvalue weighted by Gasteiger charge is 2.08. The third kappa shape index (κ3) is 2.85. The minimum atomic E-state index is -0.960. The van der Waals surface area contributed by atoms with Crippen molar-refractivity contribution < 1.29 is 14.6 Å². The molecule has 0 atom stereocenters. The van der Waals surface area contributed by atoms with Crippen LogP contribution in [-0.2, 0) is 11.3 Å². The summed E-state index contributed by atoms with van der Waals surface area (Å²) >= 11 is 0. The van der Waals surface area contributed by atoms with E-state index in [0.29, 0.717) is 19.8 Å². The number of hydrogen-bond acceptors (Lipinski definition) is 3. The first-order valence-electron chi connectivity index (χ1n) is 4.58. The average Bonchev–Trinajstić information content (AvgIpc) is 2.60. The van der Waals surface area contributed by atoms with Gasteiger partial charge in [0, 0.05) is 12.8 Å². The van der Waals surface area contributed by atoms with Crippen molar-refractivity contribution in [3.63, 3.8) is 0 Å². The van der Waals surface area contributed by atoms with Gasteiger partial charge in [0.15, 0.2) is 0 Å². The molecule has 5 heteroatoms. The summed E-state index contributed by atoms with van der Waals surface area (Å²) in [5, 5.41) is 12.6. The molecule has 0 amide bonds. The smallest absolute Gasteiger partial charge is 0.354 e. The molecule has 0 fully saturated rings. The molecule has 0 saturated carbocycles. The minimum Gasteiger partial charge on any atom is -0.477 e. The Labute approximate surface area is 82.3 Å². The second-order valence-corrected chi connectivity index (χ2v) is 2.86. The summed E-state index contributed by atoms with van der Waals surface area (Å²) in [6, 6.07) is 1.47. The fourth-order valence-corrected chi connectivity index (χ4v) is 1.09. The fourth-order valence-electron chi connectivity index (χ4n) is 1.09. The number of hydrogen-bond donors (Lipinski definition) is 1. The van der Waals surface area contributed by atoms with Crippen LogP contribution in [0.5, 0.6) is 0 Å². The molecule has 0 aliphatic carbocycles. The van der Waals surface area contributed by atoms with E-state index in [4.69, 9.17) is 9.84 Å². The van der Waals surface area contributed by atoms with Gasteiger partial charge in [-0.3, -0.25) is 4.68 Å². The summed E-state index contributed by atoms with van der Waals surface area (Å²) in [5.74, 6) is -0.960. The van der Waals surface area contributed by atoms with Gasteiger partial charge < -0.3 is 9.84 Å². The van der Waals surface area contributed by atoms with Gasteiger partial charge in [-0.2, -0.15) is 5.10 Å². The lowest BCUT2D eigenvalue weighted by Crippen LogP contribution is -2.13. The minimum absolute atomic E-state index is 0.199. The van der Waals surface area contributed by atoms with Crippen LogP contribution in [0, 0.1) is 0 Å². The summed E-state index contributed by atoms with van der Waals surface area (Å²) in [6.07, 6.45) is 2.44. The van der Waals surface area contributed by atoms with Crippen LogP contribution in [0.2, 0.25) is 0 Å². The van der Waals surface area contributed by atoms with Crippen molar-refractivity contribution in [2.24, 2.45) is 0 Å². The molecule has 0 unspecified atom stereocenters. The molecular formula is C9H14N2O3. The van der Waals surface area contributed by atoms with E-state index < -0.39 is 5.97 Å². The lowest BCUT2D eigenvalue weighted by molar-refractivity contribution is 0.0677. The molecule has 14 heavy (non-hydrogen) atoms. The second kappa shape index (κ2) is 5.39. The maximum absolute atomic E-state index is 10.7. The third-order valence-electron chi connectivity index (χ3n) is 1.73. The van der Waals surface area contributed by atoms with Gasteiger partial charge in [-0.15, -0.1) is 0 Å². The summed E-state index contributed by atoms with van der Waals surface area (Å²) in [5.41, 5.74) is 0.199. The molecule has 5 nitrogen and oxygen atoms in total. The zero-order valence-corrected chi connectivity index (χ0v) is 8.14. The molecule has 1 heterocycles.